The summed E-state index contributed by atoms with van der Waals surface area (Å²) in [5.74, 6) is 1.38. The first kappa shape index (κ1) is 23.4. The number of unbranched alkanes of at least 4 members (excludes halogenated alkanes) is 15. The van der Waals surface area contributed by atoms with Crippen LogP contribution in [0, 0.1) is 0 Å². The molecule has 0 rings (SSSR count). The summed E-state index contributed by atoms with van der Waals surface area (Å²) >= 11 is 2.16. The summed E-state index contributed by atoms with van der Waals surface area (Å²) in [6, 6.07) is 0. The lowest BCUT2D eigenvalue weighted by Crippen LogP contribution is -1.94. The van der Waals surface area contributed by atoms with Crippen LogP contribution in [0.2, 0.25) is 0 Å². The molecule has 0 N–H and O–H groups in total. The molecule has 0 spiro atoms. The molecule has 1 atom stereocenters. The lowest BCUT2D eigenvalue weighted by atomic mass is 10.0. The maximum Gasteiger partial charge on any atom is 0.00160 e. The van der Waals surface area contributed by atoms with Gasteiger partial charge in [0, 0.05) is 5.25 Å². The molecule has 23 heavy (non-hydrogen) atoms. The summed E-state index contributed by atoms with van der Waals surface area (Å²) in [6.07, 6.45) is 24.8. The molecule has 140 valence electrons. The van der Waals surface area contributed by atoms with Gasteiger partial charge in [0.1, 0.15) is 0 Å². The summed E-state index contributed by atoms with van der Waals surface area (Å²) in [6.45, 7) is 6.95. The Bertz CT molecular complexity index is 202. The first-order valence-corrected chi connectivity index (χ1v) is 12.0. The lowest BCUT2D eigenvalue weighted by molar-refractivity contribution is 0.531. The normalized spacial score (nSPS) is 12.7. The van der Waals surface area contributed by atoms with Crippen molar-refractivity contribution in [2.24, 2.45) is 0 Å². The van der Waals surface area contributed by atoms with Gasteiger partial charge >= 0.3 is 0 Å². The van der Waals surface area contributed by atoms with E-state index in [0.29, 0.717) is 0 Å². The molecule has 1 unspecified atom stereocenters. The van der Waals surface area contributed by atoms with E-state index in [9.17, 15) is 0 Å². The standard InChI is InChI=1S/C22H46S/c1-4-6-7-8-9-10-11-12-13-14-15-16-17-18-19-20-21-23-22(3)5-2/h22H,4-21H2,1-3H3. The molecule has 0 heterocycles. The van der Waals surface area contributed by atoms with Crippen LogP contribution in [0.1, 0.15) is 130 Å². The van der Waals surface area contributed by atoms with E-state index in [0.717, 1.165) is 5.25 Å². The van der Waals surface area contributed by atoms with Gasteiger partial charge in [-0.15, -0.1) is 0 Å². The molecular formula is C22H46S. The molecule has 0 aromatic rings. The Morgan fingerprint density at radius 2 is 0.870 bits per heavy atom. The van der Waals surface area contributed by atoms with Gasteiger partial charge in [-0.25, -0.2) is 0 Å². The molecule has 1 heteroatoms. The Hall–Kier alpha value is 0.350. The average Bonchev–Trinajstić information content (AvgIpc) is 2.57. The second-order valence-electron chi connectivity index (χ2n) is 7.39. The van der Waals surface area contributed by atoms with Crippen LogP contribution in [0.15, 0.2) is 0 Å². The largest absolute Gasteiger partial charge is 0.159 e. The second-order valence-corrected chi connectivity index (χ2v) is 8.94. The van der Waals surface area contributed by atoms with Crippen LogP contribution in [-0.2, 0) is 0 Å². The predicted octanol–water partition coefficient (Wildman–Crippen LogP) is 8.78. The highest BCUT2D eigenvalue weighted by Gasteiger charge is 1.98. The predicted molar refractivity (Wildman–Crippen MR) is 112 cm³/mol. The van der Waals surface area contributed by atoms with Gasteiger partial charge in [0.2, 0.25) is 0 Å². The first-order chi connectivity index (χ1) is 11.3. The SMILES string of the molecule is CCCCCCCCCCCCCCCCCCSC(C)CC. The van der Waals surface area contributed by atoms with E-state index in [1.54, 1.807) is 0 Å². The summed E-state index contributed by atoms with van der Waals surface area (Å²) in [4.78, 5) is 0. The maximum atomic E-state index is 2.36. The van der Waals surface area contributed by atoms with E-state index in [4.69, 9.17) is 0 Å². The smallest absolute Gasteiger partial charge is 0.00160 e. The van der Waals surface area contributed by atoms with Crippen molar-refractivity contribution in [2.75, 3.05) is 5.75 Å². The average molecular weight is 343 g/mol. The zero-order chi connectivity index (χ0) is 17.0. The van der Waals surface area contributed by atoms with Crippen molar-refractivity contribution in [2.45, 2.75) is 135 Å². The Morgan fingerprint density at radius 1 is 0.522 bits per heavy atom. The van der Waals surface area contributed by atoms with Crippen molar-refractivity contribution in [1.82, 2.24) is 0 Å². The summed E-state index contributed by atoms with van der Waals surface area (Å²) in [5, 5.41) is 0.867. The molecular weight excluding hydrogens is 296 g/mol. The molecule has 0 amide bonds. The van der Waals surface area contributed by atoms with Crippen LogP contribution in [0.3, 0.4) is 0 Å². The highest BCUT2D eigenvalue weighted by Crippen LogP contribution is 2.17. The quantitative estimate of drug-likeness (QED) is 0.211. The minimum atomic E-state index is 0.867. The number of hydrogen-bond acceptors (Lipinski definition) is 1. The van der Waals surface area contributed by atoms with Gasteiger partial charge in [0.05, 0.1) is 0 Å². The summed E-state index contributed by atoms with van der Waals surface area (Å²) in [7, 11) is 0. The van der Waals surface area contributed by atoms with Crippen molar-refractivity contribution in [3.05, 3.63) is 0 Å². The van der Waals surface area contributed by atoms with Crippen LogP contribution in [0.25, 0.3) is 0 Å². The number of thioether (sulfide) groups is 1. The molecule has 0 aromatic heterocycles. The molecule has 0 aliphatic rings. The Balaban J connectivity index is 2.97. The molecule has 0 fully saturated rings. The van der Waals surface area contributed by atoms with Gasteiger partial charge in [0.25, 0.3) is 0 Å². The second kappa shape index (κ2) is 20.4. The van der Waals surface area contributed by atoms with E-state index >= 15 is 0 Å². The molecule has 0 radical (unpaired) electrons. The van der Waals surface area contributed by atoms with E-state index in [-0.39, 0.29) is 0 Å². The third-order valence-electron chi connectivity index (χ3n) is 4.98. The topological polar surface area (TPSA) is 0 Å². The Labute approximate surface area is 153 Å². The molecule has 0 aromatic carbocycles. The fourth-order valence-electron chi connectivity index (χ4n) is 3.05. The first-order valence-electron chi connectivity index (χ1n) is 10.9. The van der Waals surface area contributed by atoms with Gasteiger partial charge in [-0.1, -0.05) is 117 Å². The van der Waals surface area contributed by atoms with Gasteiger partial charge in [-0.3, -0.25) is 0 Å². The molecule has 0 aliphatic carbocycles. The highest BCUT2D eigenvalue weighted by molar-refractivity contribution is 7.99. The van der Waals surface area contributed by atoms with Crippen molar-refractivity contribution < 1.29 is 0 Å². The van der Waals surface area contributed by atoms with E-state index in [2.05, 4.69) is 32.5 Å². The van der Waals surface area contributed by atoms with Gasteiger partial charge < -0.3 is 0 Å². The third-order valence-corrected chi connectivity index (χ3v) is 6.40. The molecule has 0 aliphatic heterocycles. The lowest BCUT2D eigenvalue weighted by Gasteiger charge is -2.07. The van der Waals surface area contributed by atoms with Gasteiger partial charge in [-0.2, -0.15) is 11.8 Å². The van der Waals surface area contributed by atoms with E-state index < -0.39 is 0 Å². The molecule has 0 saturated heterocycles. The minimum absolute atomic E-state index is 0.867. The fourth-order valence-corrected chi connectivity index (χ4v) is 4.06. The fraction of sp³-hybridized carbons (Fsp3) is 1.00. The number of rotatable bonds is 19. The summed E-state index contributed by atoms with van der Waals surface area (Å²) in [5.41, 5.74) is 0. The zero-order valence-corrected chi connectivity index (χ0v) is 17.5. The van der Waals surface area contributed by atoms with Crippen LogP contribution in [-0.4, -0.2) is 11.0 Å². The highest BCUT2D eigenvalue weighted by atomic mass is 32.2. The van der Waals surface area contributed by atoms with Crippen LogP contribution < -0.4 is 0 Å². The van der Waals surface area contributed by atoms with Gasteiger partial charge in [0.15, 0.2) is 0 Å². The number of hydrogen-bond donors (Lipinski definition) is 0. The van der Waals surface area contributed by atoms with Crippen molar-refractivity contribution >= 4 is 11.8 Å². The van der Waals surface area contributed by atoms with Crippen molar-refractivity contribution in [3.63, 3.8) is 0 Å². The molecule has 0 saturated carbocycles. The molecule has 0 bridgehead atoms. The Kier molecular flexibility index (Phi) is 20.7. The minimum Gasteiger partial charge on any atom is -0.159 e. The maximum absolute atomic E-state index is 2.36. The summed E-state index contributed by atoms with van der Waals surface area (Å²) < 4.78 is 0. The van der Waals surface area contributed by atoms with Crippen molar-refractivity contribution in [3.8, 4) is 0 Å². The van der Waals surface area contributed by atoms with Gasteiger partial charge in [-0.05, 0) is 18.6 Å². The monoisotopic (exact) mass is 342 g/mol. The van der Waals surface area contributed by atoms with E-state index in [1.807, 2.05) is 0 Å². The Morgan fingerprint density at radius 3 is 1.22 bits per heavy atom. The van der Waals surface area contributed by atoms with Crippen molar-refractivity contribution in [1.29, 1.82) is 0 Å². The van der Waals surface area contributed by atoms with Crippen LogP contribution in [0.4, 0.5) is 0 Å². The molecule has 0 nitrogen and oxygen atoms in total. The van der Waals surface area contributed by atoms with Crippen LogP contribution >= 0.6 is 11.8 Å². The third kappa shape index (κ3) is 20.3. The zero-order valence-electron chi connectivity index (χ0n) is 16.7. The van der Waals surface area contributed by atoms with Crippen LogP contribution in [0.5, 0.6) is 0 Å². The van der Waals surface area contributed by atoms with E-state index in [1.165, 1.54) is 115 Å².